The highest BCUT2D eigenvalue weighted by molar-refractivity contribution is 6.13. The molecule has 2 aromatic rings. The zero-order valence-corrected chi connectivity index (χ0v) is 10.3. The Morgan fingerprint density at radius 1 is 0.619 bits per heavy atom. The van der Waals surface area contributed by atoms with Crippen molar-refractivity contribution in [2.45, 2.75) is 0 Å². The number of hydrogen-bond donors (Lipinski definition) is 7. The number of phenolic OH excluding ortho intramolecular Hbond substituents is 7. The molecule has 7 N–H and O–H groups in total. The monoisotopic (exact) mass is 294 g/mol. The minimum Gasteiger partial charge on any atom is -0.504 e. The van der Waals surface area contributed by atoms with Crippen molar-refractivity contribution in [1.82, 2.24) is 0 Å². The number of carbonyl (C=O) groups is 1. The van der Waals surface area contributed by atoms with Crippen molar-refractivity contribution in [1.29, 1.82) is 0 Å². The Morgan fingerprint density at radius 2 is 1.14 bits per heavy atom. The molecular formula is C13H10O8. The third-order valence-electron chi connectivity index (χ3n) is 2.85. The van der Waals surface area contributed by atoms with Gasteiger partial charge in [0, 0.05) is 0 Å². The predicted octanol–water partition coefficient (Wildman–Crippen LogP) is 0.857. The van der Waals surface area contributed by atoms with Gasteiger partial charge in [-0.05, 0) is 18.2 Å². The fraction of sp³-hybridized carbons (Fsp3) is 0. The molecule has 0 radical (unpaired) electrons. The zero-order chi connectivity index (χ0) is 15.9. The highest BCUT2D eigenvalue weighted by atomic mass is 16.3. The van der Waals surface area contributed by atoms with Crippen molar-refractivity contribution in [3.63, 3.8) is 0 Å². The van der Waals surface area contributed by atoms with E-state index in [1.807, 2.05) is 0 Å². The van der Waals surface area contributed by atoms with E-state index < -0.39 is 57.2 Å². The molecule has 110 valence electrons. The molecule has 0 saturated heterocycles. The van der Waals surface area contributed by atoms with E-state index in [0.717, 1.165) is 12.1 Å². The van der Waals surface area contributed by atoms with Crippen LogP contribution in [0.2, 0.25) is 0 Å². The minimum atomic E-state index is -1.11. The highest BCUT2D eigenvalue weighted by Gasteiger charge is 2.25. The Hall–Kier alpha value is -3.29. The Bertz CT molecular complexity index is 751. The molecule has 21 heavy (non-hydrogen) atoms. The molecule has 0 atom stereocenters. The van der Waals surface area contributed by atoms with E-state index in [4.69, 9.17) is 0 Å². The van der Waals surface area contributed by atoms with Crippen molar-refractivity contribution in [2.24, 2.45) is 0 Å². The number of aromatic hydroxyl groups is 7. The Labute approximate surface area is 117 Å². The van der Waals surface area contributed by atoms with Crippen molar-refractivity contribution >= 4 is 5.78 Å². The summed E-state index contributed by atoms with van der Waals surface area (Å²) in [7, 11) is 0. The first-order valence-corrected chi connectivity index (χ1v) is 5.51. The van der Waals surface area contributed by atoms with Crippen LogP contribution in [-0.2, 0) is 0 Å². The Kier molecular flexibility index (Phi) is 3.14. The highest BCUT2D eigenvalue weighted by Crippen LogP contribution is 2.45. The molecule has 2 aromatic carbocycles. The molecule has 0 amide bonds. The number of benzene rings is 2. The summed E-state index contributed by atoms with van der Waals surface area (Å²) < 4.78 is 0. The molecule has 0 aliphatic carbocycles. The van der Waals surface area contributed by atoms with Crippen molar-refractivity contribution < 1.29 is 40.5 Å². The van der Waals surface area contributed by atoms with Crippen LogP contribution in [0.4, 0.5) is 0 Å². The molecule has 0 bridgehead atoms. The second-order valence-electron chi connectivity index (χ2n) is 4.15. The third kappa shape index (κ3) is 2.08. The first-order chi connectivity index (χ1) is 9.75. The van der Waals surface area contributed by atoms with Crippen LogP contribution in [0.1, 0.15) is 15.9 Å². The number of rotatable bonds is 2. The fourth-order valence-corrected chi connectivity index (χ4v) is 1.70. The van der Waals surface area contributed by atoms with Crippen LogP contribution in [0, 0.1) is 0 Å². The van der Waals surface area contributed by atoms with E-state index in [2.05, 4.69) is 0 Å². The third-order valence-corrected chi connectivity index (χ3v) is 2.85. The predicted molar refractivity (Wildman–Crippen MR) is 68.0 cm³/mol. The van der Waals surface area contributed by atoms with Crippen molar-refractivity contribution in [2.75, 3.05) is 0 Å². The van der Waals surface area contributed by atoms with E-state index >= 15 is 0 Å². The van der Waals surface area contributed by atoms with Crippen LogP contribution < -0.4 is 0 Å². The quantitative estimate of drug-likeness (QED) is 0.244. The minimum absolute atomic E-state index is 0.495. The first-order valence-electron chi connectivity index (χ1n) is 5.51. The van der Waals surface area contributed by atoms with Gasteiger partial charge in [0.05, 0.1) is 11.1 Å². The van der Waals surface area contributed by atoms with Gasteiger partial charge < -0.3 is 35.7 Å². The van der Waals surface area contributed by atoms with Crippen LogP contribution in [0.5, 0.6) is 40.2 Å². The van der Waals surface area contributed by atoms with Gasteiger partial charge in [0.1, 0.15) is 0 Å². The summed E-state index contributed by atoms with van der Waals surface area (Å²) in [5.74, 6) is -7.60. The van der Waals surface area contributed by atoms with Gasteiger partial charge in [-0.3, -0.25) is 4.79 Å². The maximum Gasteiger partial charge on any atom is 0.205 e. The maximum absolute atomic E-state index is 12.2. The lowest BCUT2D eigenvalue weighted by atomic mass is 10.00. The Balaban J connectivity index is 2.64. The van der Waals surface area contributed by atoms with Gasteiger partial charge in [-0.1, -0.05) is 0 Å². The molecule has 0 aliphatic heterocycles. The summed E-state index contributed by atoms with van der Waals surface area (Å²) in [5.41, 5.74) is -1.12. The Morgan fingerprint density at radius 3 is 1.76 bits per heavy atom. The molecule has 0 unspecified atom stereocenters. The lowest BCUT2D eigenvalue weighted by Crippen LogP contribution is -2.02. The van der Waals surface area contributed by atoms with Crippen LogP contribution in [0.25, 0.3) is 0 Å². The fourth-order valence-electron chi connectivity index (χ4n) is 1.70. The molecule has 0 fully saturated rings. The van der Waals surface area contributed by atoms with E-state index in [9.17, 15) is 40.5 Å². The summed E-state index contributed by atoms with van der Waals surface area (Å²) in [6.45, 7) is 0. The molecule has 8 heteroatoms. The number of phenols is 7. The lowest BCUT2D eigenvalue weighted by molar-refractivity contribution is 0.103. The molecule has 0 saturated carbocycles. The van der Waals surface area contributed by atoms with Crippen LogP contribution >= 0.6 is 0 Å². The lowest BCUT2D eigenvalue weighted by Gasteiger charge is -2.10. The van der Waals surface area contributed by atoms with E-state index in [0.29, 0.717) is 6.07 Å². The zero-order valence-electron chi connectivity index (χ0n) is 10.3. The molecule has 0 aliphatic rings. The first kappa shape index (κ1) is 14.1. The molecule has 2 rings (SSSR count). The molecular weight excluding hydrogens is 284 g/mol. The van der Waals surface area contributed by atoms with Crippen molar-refractivity contribution in [3.8, 4) is 40.2 Å². The molecule has 0 heterocycles. The summed E-state index contributed by atoms with van der Waals surface area (Å²) in [6, 6.07) is 2.57. The van der Waals surface area contributed by atoms with Crippen molar-refractivity contribution in [3.05, 3.63) is 29.3 Å². The second kappa shape index (κ2) is 4.67. The topological polar surface area (TPSA) is 159 Å². The average Bonchev–Trinajstić information content (AvgIpc) is 2.46. The summed E-state index contributed by atoms with van der Waals surface area (Å²) in [5, 5.41) is 65.7. The van der Waals surface area contributed by atoms with Gasteiger partial charge in [0.15, 0.2) is 23.0 Å². The largest absolute Gasteiger partial charge is 0.504 e. The van der Waals surface area contributed by atoms with Gasteiger partial charge in [0.2, 0.25) is 23.0 Å². The van der Waals surface area contributed by atoms with Gasteiger partial charge in [0.25, 0.3) is 0 Å². The molecule has 0 spiro atoms. The van der Waals surface area contributed by atoms with E-state index in [1.54, 1.807) is 0 Å². The summed E-state index contributed by atoms with van der Waals surface area (Å²) >= 11 is 0. The van der Waals surface area contributed by atoms with Crippen LogP contribution in [0.3, 0.4) is 0 Å². The van der Waals surface area contributed by atoms with Gasteiger partial charge in [-0.25, -0.2) is 0 Å². The van der Waals surface area contributed by atoms with Crippen LogP contribution in [0.15, 0.2) is 18.2 Å². The van der Waals surface area contributed by atoms with Gasteiger partial charge in [-0.15, -0.1) is 0 Å². The smallest absolute Gasteiger partial charge is 0.205 e. The van der Waals surface area contributed by atoms with E-state index in [1.165, 1.54) is 0 Å². The molecule has 0 aromatic heterocycles. The number of carbonyl (C=O) groups excluding carboxylic acids is 1. The standard InChI is InChI=1S/C13H10O8/c14-6-2-1-4(9(17)11(6)19)8(16)5-3-7(15)12(20)13(21)10(5)18/h1-3,14-15,17-21H. The summed E-state index contributed by atoms with van der Waals surface area (Å²) in [6.07, 6.45) is 0. The average molecular weight is 294 g/mol. The second-order valence-corrected chi connectivity index (χ2v) is 4.15. The normalized spacial score (nSPS) is 10.5. The number of hydrogen-bond acceptors (Lipinski definition) is 8. The van der Waals surface area contributed by atoms with E-state index in [-0.39, 0.29) is 0 Å². The molecule has 8 nitrogen and oxygen atoms in total. The van der Waals surface area contributed by atoms with Crippen LogP contribution in [-0.4, -0.2) is 41.5 Å². The SMILES string of the molecule is O=C(c1ccc(O)c(O)c1O)c1cc(O)c(O)c(O)c1O. The number of ketones is 1. The maximum atomic E-state index is 12.2. The van der Waals surface area contributed by atoms with Gasteiger partial charge in [-0.2, -0.15) is 0 Å². The van der Waals surface area contributed by atoms with Gasteiger partial charge >= 0.3 is 0 Å². The summed E-state index contributed by atoms with van der Waals surface area (Å²) in [4.78, 5) is 12.2.